The zero-order valence-corrected chi connectivity index (χ0v) is 6.85. The molecule has 0 amide bonds. The van der Waals surface area contributed by atoms with Gasteiger partial charge in [0.15, 0.2) is 0 Å². The minimum atomic E-state index is -2.59. The third kappa shape index (κ3) is 1.89. The molecule has 1 aromatic heterocycles. The molecule has 0 aliphatic heterocycles. The number of nitrogens with zero attached hydrogens (tertiary/aromatic N) is 1. The van der Waals surface area contributed by atoms with Gasteiger partial charge in [-0.05, 0) is 6.07 Å². The van der Waals surface area contributed by atoms with Crippen molar-refractivity contribution in [2.45, 2.75) is 13.0 Å². The van der Waals surface area contributed by atoms with Gasteiger partial charge in [-0.1, -0.05) is 17.7 Å². The van der Waals surface area contributed by atoms with Crippen molar-refractivity contribution in [3.8, 4) is 0 Å². The van der Waals surface area contributed by atoms with Crippen molar-refractivity contribution in [2.75, 3.05) is 0 Å². The van der Waals surface area contributed by atoms with Crippen molar-refractivity contribution in [1.29, 1.82) is 0 Å². The fraction of sp³-hybridized carbons (Fsp3) is 0.286. The van der Waals surface area contributed by atoms with E-state index >= 15 is 0 Å². The molecule has 5 heteroatoms. The molecule has 1 heterocycles. The summed E-state index contributed by atoms with van der Waals surface area (Å²) in [7, 11) is 0. The second kappa shape index (κ2) is 3.78. The van der Waals surface area contributed by atoms with E-state index in [-0.39, 0.29) is 17.4 Å². The molecule has 0 aliphatic carbocycles. The smallest absolute Gasteiger partial charge is 0.280 e. The summed E-state index contributed by atoms with van der Waals surface area (Å²) in [6, 6.07) is 2.68. The quantitative estimate of drug-likeness (QED) is 0.730. The van der Waals surface area contributed by atoms with Crippen LogP contribution in [0, 0.1) is 0 Å². The highest BCUT2D eigenvalue weighted by Gasteiger charge is 2.10. The summed E-state index contributed by atoms with van der Waals surface area (Å²) in [4.78, 5) is 3.48. The molecule has 66 valence electrons. The Bertz CT molecular complexity index is 278. The molecule has 0 radical (unpaired) electrons. The van der Waals surface area contributed by atoms with Crippen LogP contribution in [0.15, 0.2) is 12.1 Å². The lowest BCUT2D eigenvalue weighted by molar-refractivity contribution is 0.146. The van der Waals surface area contributed by atoms with Gasteiger partial charge in [0.2, 0.25) is 0 Å². The highest BCUT2D eigenvalue weighted by molar-refractivity contribution is 6.30. The average molecular weight is 193 g/mol. The molecule has 2 N–H and O–H groups in total. The average Bonchev–Trinajstić information content (AvgIpc) is 2.04. The van der Waals surface area contributed by atoms with Crippen LogP contribution in [0.1, 0.15) is 17.7 Å². The number of alkyl halides is 2. The third-order valence-corrected chi connectivity index (χ3v) is 1.72. The van der Waals surface area contributed by atoms with Crippen LogP contribution in [0.2, 0.25) is 5.15 Å². The maximum Gasteiger partial charge on any atom is 0.280 e. The minimum Gasteiger partial charge on any atom is -0.326 e. The van der Waals surface area contributed by atoms with Gasteiger partial charge >= 0.3 is 0 Å². The van der Waals surface area contributed by atoms with Crippen LogP contribution in [0.4, 0.5) is 8.78 Å². The standard InChI is InChI=1S/C7H7ClF2N2/c8-6-4(3-11)1-2-5(12-6)7(9)10/h1-2,7H,3,11H2. The van der Waals surface area contributed by atoms with Gasteiger partial charge < -0.3 is 5.73 Å². The molecule has 0 aromatic carbocycles. The number of hydrogen-bond donors (Lipinski definition) is 1. The van der Waals surface area contributed by atoms with Crippen LogP contribution in [0.25, 0.3) is 0 Å². The van der Waals surface area contributed by atoms with Crippen LogP contribution in [0.3, 0.4) is 0 Å². The van der Waals surface area contributed by atoms with Crippen molar-refractivity contribution in [3.05, 3.63) is 28.5 Å². The Labute approximate surface area is 73.4 Å². The van der Waals surface area contributed by atoms with E-state index in [9.17, 15) is 8.78 Å². The van der Waals surface area contributed by atoms with Crippen molar-refractivity contribution in [1.82, 2.24) is 4.98 Å². The summed E-state index contributed by atoms with van der Waals surface area (Å²) in [5, 5.41) is 0.0512. The van der Waals surface area contributed by atoms with Crippen LogP contribution in [0.5, 0.6) is 0 Å². The predicted octanol–water partition coefficient (Wildman–Crippen LogP) is 2.13. The lowest BCUT2D eigenvalue weighted by atomic mass is 10.2. The molecule has 0 spiro atoms. The van der Waals surface area contributed by atoms with Crippen molar-refractivity contribution in [2.24, 2.45) is 5.73 Å². The Balaban J connectivity index is 3.02. The predicted molar refractivity (Wildman–Crippen MR) is 42.1 cm³/mol. The lowest BCUT2D eigenvalue weighted by Crippen LogP contribution is -2.00. The maximum absolute atomic E-state index is 12.0. The van der Waals surface area contributed by atoms with Gasteiger partial charge in [0.05, 0.1) is 0 Å². The van der Waals surface area contributed by atoms with E-state index in [2.05, 4.69) is 4.98 Å². The fourth-order valence-corrected chi connectivity index (χ4v) is 0.989. The molecule has 0 fully saturated rings. The van der Waals surface area contributed by atoms with Crippen molar-refractivity contribution in [3.63, 3.8) is 0 Å². The van der Waals surface area contributed by atoms with Crippen LogP contribution >= 0.6 is 11.6 Å². The zero-order chi connectivity index (χ0) is 9.14. The Hall–Kier alpha value is -0.740. The molecule has 0 aliphatic rings. The van der Waals surface area contributed by atoms with Crippen LogP contribution in [-0.2, 0) is 6.54 Å². The van der Waals surface area contributed by atoms with E-state index in [1.165, 1.54) is 12.1 Å². The normalized spacial score (nSPS) is 10.8. The molecule has 2 nitrogen and oxygen atoms in total. The molecule has 0 atom stereocenters. The summed E-state index contributed by atoms with van der Waals surface area (Å²) in [6.45, 7) is 0.204. The van der Waals surface area contributed by atoms with Gasteiger partial charge in [0, 0.05) is 12.1 Å². The topological polar surface area (TPSA) is 38.9 Å². The number of nitrogens with two attached hydrogens (primary N) is 1. The summed E-state index contributed by atoms with van der Waals surface area (Å²) in [5.74, 6) is 0. The molecule has 1 aromatic rings. The summed E-state index contributed by atoms with van der Waals surface area (Å²) in [6.07, 6.45) is -2.59. The molecule has 0 unspecified atom stereocenters. The maximum atomic E-state index is 12.0. The van der Waals surface area contributed by atoms with E-state index in [1.54, 1.807) is 0 Å². The highest BCUT2D eigenvalue weighted by atomic mass is 35.5. The Morgan fingerprint density at radius 2 is 2.17 bits per heavy atom. The summed E-state index contributed by atoms with van der Waals surface area (Å²) < 4.78 is 24.1. The number of halogens is 3. The second-order valence-corrected chi connectivity index (χ2v) is 2.55. The van der Waals surface area contributed by atoms with Gasteiger partial charge in [-0.15, -0.1) is 0 Å². The van der Waals surface area contributed by atoms with Crippen molar-refractivity contribution >= 4 is 11.6 Å². The van der Waals surface area contributed by atoms with E-state index in [0.29, 0.717) is 5.56 Å². The zero-order valence-electron chi connectivity index (χ0n) is 6.10. The monoisotopic (exact) mass is 192 g/mol. The minimum absolute atomic E-state index is 0.0512. The molecule has 0 saturated heterocycles. The lowest BCUT2D eigenvalue weighted by Gasteiger charge is -2.02. The molecule has 12 heavy (non-hydrogen) atoms. The molecular formula is C7H7ClF2N2. The first-order valence-electron chi connectivity index (χ1n) is 3.28. The van der Waals surface area contributed by atoms with Gasteiger partial charge in [-0.25, -0.2) is 13.8 Å². The molecule has 0 bridgehead atoms. The number of pyridine rings is 1. The molecular weight excluding hydrogens is 186 g/mol. The SMILES string of the molecule is NCc1ccc(C(F)F)nc1Cl. The van der Waals surface area contributed by atoms with E-state index in [0.717, 1.165) is 0 Å². The molecule has 1 rings (SSSR count). The Morgan fingerprint density at radius 1 is 1.50 bits per heavy atom. The Kier molecular flexibility index (Phi) is 2.94. The summed E-state index contributed by atoms with van der Waals surface area (Å²) in [5.41, 5.74) is 5.51. The highest BCUT2D eigenvalue weighted by Crippen LogP contribution is 2.20. The first-order chi connectivity index (χ1) is 5.65. The third-order valence-electron chi connectivity index (χ3n) is 1.39. The van der Waals surface area contributed by atoms with E-state index in [1.807, 2.05) is 0 Å². The first kappa shape index (κ1) is 9.35. The van der Waals surface area contributed by atoms with Crippen LogP contribution in [-0.4, -0.2) is 4.98 Å². The number of rotatable bonds is 2. The Morgan fingerprint density at radius 3 is 2.58 bits per heavy atom. The van der Waals surface area contributed by atoms with Gasteiger partial charge in [-0.2, -0.15) is 0 Å². The second-order valence-electron chi connectivity index (χ2n) is 2.19. The first-order valence-corrected chi connectivity index (χ1v) is 3.66. The van der Waals surface area contributed by atoms with Gasteiger partial charge in [-0.3, -0.25) is 0 Å². The van der Waals surface area contributed by atoms with E-state index < -0.39 is 6.43 Å². The van der Waals surface area contributed by atoms with E-state index in [4.69, 9.17) is 17.3 Å². The van der Waals surface area contributed by atoms with Crippen LogP contribution < -0.4 is 5.73 Å². The number of hydrogen-bond acceptors (Lipinski definition) is 2. The molecule has 0 saturated carbocycles. The number of aromatic nitrogens is 1. The fourth-order valence-electron chi connectivity index (χ4n) is 0.751. The van der Waals surface area contributed by atoms with Gasteiger partial charge in [0.1, 0.15) is 10.8 Å². The largest absolute Gasteiger partial charge is 0.326 e. The van der Waals surface area contributed by atoms with Gasteiger partial charge in [0.25, 0.3) is 6.43 Å². The van der Waals surface area contributed by atoms with Crippen molar-refractivity contribution < 1.29 is 8.78 Å². The summed E-state index contributed by atoms with van der Waals surface area (Å²) >= 11 is 5.55.